The van der Waals surface area contributed by atoms with Crippen LogP contribution in [0, 0.1) is 0 Å². The molecule has 0 aliphatic carbocycles. The summed E-state index contributed by atoms with van der Waals surface area (Å²) in [4.78, 5) is 4.99. The van der Waals surface area contributed by atoms with E-state index in [1.54, 1.807) is 0 Å². The van der Waals surface area contributed by atoms with Crippen LogP contribution in [0.25, 0.3) is 11.3 Å². The lowest BCUT2D eigenvalue weighted by Gasteiger charge is -2.40. The standard InChI is InChI=1S/C24H28N4O2/c1-26-10-11-28(21(17-26)18-6-4-3-5-7-18)16-20-15-27(2)25-24(20)19-8-9-22-23(14-19)30-13-12-29-22/h3-9,14-15,21H,10-13,16-17H2,1-2H3/t21-/m1/s1. The van der Waals surface area contributed by atoms with Gasteiger partial charge < -0.3 is 14.4 Å². The SMILES string of the molecule is CN1CCN(Cc2cn(C)nc2-c2ccc3c(c2)OCCO3)[C@@H](c2ccccc2)C1. The van der Waals surface area contributed by atoms with Gasteiger partial charge in [-0.3, -0.25) is 9.58 Å². The van der Waals surface area contributed by atoms with Gasteiger partial charge in [-0.25, -0.2) is 0 Å². The molecule has 1 aromatic heterocycles. The molecule has 1 saturated heterocycles. The summed E-state index contributed by atoms with van der Waals surface area (Å²) in [5.74, 6) is 1.61. The Balaban J connectivity index is 1.45. The number of hydrogen-bond acceptors (Lipinski definition) is 5. The van der Waals surface area contributed by atoms with E-state index in [0.717, 1.165) is 48.9 Å². The summed E-state index contributed by atoms with van der Waals surface area (Å²) in [5, 5.41) is 4.79. The first-order valence-corrected chi connectivity index (χ1v) is 10.6. The van der Waals surface area contributed by atoms with Gasteiger partial charge in [0.05, 0.1) is 5.69 Å². The average molecular weight is 405 g/mol. The van der Waals surface area contributed by atoms with Crippen molar-refractivity contribution in [3.63, 3.8) is 0 Å². The number of likely N-dealkylation sites (N-methyl/N-ethyl adjacent to an activating group) is 1. The third-order valence-electron chi connectivity index (χ3n) is 5.97. The Labute approximate surface area is 177 Å². The molecule has 3 aromatic rings. The molecule has 30 heavy (non-hydrogen) atoms. The molecule has 156 valence electrons. The highest BCUT2D eigenvalue weighted by atomic mass is 16.6. The molecule has 6 heteroatoms. The van der Waals surface area contributed by atoms with E-state index in [0.29, 0.717) is 19.3 Å². The Morgan fingerprint density at radius 2 is 1.77 bits per heavy atom. The number of fused-ring (bicyclic) bond motifs is 1. The topological polar surface area (TPSA) is 42.8 Å². The first-order valence-electron chi connectivity index (χ1n) is 10.6. The molecule has 0 unspecified atom stereocenters. The van der Waals surface area contributed by atoms with Gasteiger partial charge >= 0.3 is 0 Å². The zero-order chi connectivity index (χ0) is 20.5. The zero-order valence-electron chi connectivity index (χ0n) is 17.6. The smallest absolute Gasteiger partial charge is 0.162 e. The van der Waals surface area contributed by atoms with Gasteiger partial charge in [-0.05, 0) is 30.8 Å². The molecule has 2 aromatic carbocycles. The molecule has 1 fully saturated rings. The number of piperazine rings is 1. The molecule has 0 saturated carbocycles. The van der Waals surface area contributed by atoms with Crippen molar-refractivity contribution in [1.29, 1.82) is 0 Å². The number of aryl methyl sites for hydroxylation is 1. The van der Waals surface area contributed by atoms with Crippen LogP contribution >= 0.6 is 0 Å². The number of hydrogen-bond donors (Lipinski definition) is 0. The summed E-state index contributed by atoms with van der Waals surface area (Å²) in [6.45, 7) is 5.19. The van der Waals surface area contributed by atoms with Gasteiger partial charge in [0, 0.05) is 56.6 Å². The van der Waals surface area contributed by atoms with Crippen molar-refractivity contribution in [3.8, 4) is 22.8 Å². The minimum Gasteiger partial charge on any atom is -0.486 e. The van der Waals surface area contributed by atoms with Crippen LogP contribution in [0.5, 0.6) is 11.5 Å². The minimum absolute atomic E-state index is 0.373. The number of nitrogens with zero attached hydrogens (tertiary/aromatic N) is 4. The summed E-state index contributed by atoms with van der Waals surface area (Å²) in [7, 11) is 4.20. The second-order valence-electron chi connectivity index (χ2n) is 8.19. The van der Waals surface area contributed by atoms with E-state index in [-0.39, 0.29) is 0 Å². The van der Waals surface area contributed by atoms with E-state index in [2.05, 4.69) is 65.5 Å². The lowest BCUT2D eigenvalue weighted by molar-refractivity contribution is 0.0835. The first kappa shape index (κ1) is 19.2. The van der Waals surface area contributed by atoms with Gasteiger partial charge in [0.1, 0.15) is 13.2 Å². The van der Waals surface area contributed by atoms with Crippen molar-refractivity contribution in [1.82, 2.24) is 19.6 Å². The highest BCUT2D eigenvalue weighted by Crippen LogP contribution is 2.36. The van der Waals surface area contributed by atoms with Crippen molar-refractivity contribution < 1.29 is 9.47 Å². The monoisotopic (exact) mass is 404 g/mol. The van der Waals surface area contributed by atoms with Crippen LogP contribution in [0.1, 0.15) is 17.2 Å². The second kappa shape index (κ2) is 8.13. The van der Waals surface area contributed by atoms with Crippen LogP contribution in [0.3, 0.4) is 0 Å². The van der Waals surface area contributed by atoms with Crippen molar-refractivity contribution in [2.75, 3.05) is 39.9 Å². The number of rotatable bonds is 4. The summed E-state index contributed by atoms with van der Waals surface area (Å²) in [6, 6.07) is 17.3. The van der Waals surface area contributed by atoms with Crippen molar-refractivity contribution in [2.24, 2.45) is 7.05 Å². The molecule has 3 heterocycles. The predicted molar refractivity (Wildman–Crippen MR) is 117 cm³/mol. The van der Waals surface area contributed by atoms with E-state index in [4.69, 9.17) is 14.6 Å². The molecule has 2 aliphatic rings. The van der Waals surface area contributed by atoms with Gasteiger partial charge in [-0.15, -0.1) is 0 Å². The van der Waals surface area contributed by atoms with Gasteiger partial charge in [-0.1, -0.05) is 30.3 Å². The predicted octanol–water partition coefficient (Wildman–Crippen LogP) is 3.35. The zero-order valence-corrected chi connectivity index (χ0v) is 17.6. The van der Waals surface area contributed by atoms with Crippen LogP contribution in [0.4, 0.5) is 0 Å². The third kappa shape index (κ3) is 3.80. The first-order chi connectivity index (χ1) is 14.7. The fourth-order valence-corrected chi connectivity index (χ4v) is 4.44. The van der Waals surface area contributed by atoms with Crippen molar-refractivity contribution in [2.45, 2.75) is 12.6 Å². The molecular formula is C24H28N4O2. The van der Waals surface area contributed by atoms with E-state index < -0.39 is 0 Å². The maximum atomic E-state index is 5.79. The Morgan fingerprint density at radius 1 is 0.967 bits per heavy atom. The molecule has 0 radical (unpaired) electrons. The maximum Gasteiger partial charge on any atom is 0.162 e. The highest BCUT2D eigenvalue weighted by Gasteiger charge is 2.28. The van der Waals surface area contributed by atoms with E-state index >= 15 is 0 Å². The summed E-state index contributed by atoms with van der Waals surface area (Å²) < 4.78 is 13.4. The van der Waals surface area contributed by atoms with Crippen LogP contribution < -0.4 is 9.47 Å². The van der Waals surface area contributed by atoms with Gasteiger partial charge in [-0.2, -0.15) is 5.10 Å². The molecule has 6 nitrogen and oxygen atoms in total. The van der Waals surface area contributed by atoms with Gasteiger partial charge in [0.25, 0.3) is 0 Å². The largest absolute Gasteiger partial charge is 0.486 e. The minimum atomic E-state index is 0.373. The second-order valence-corrected chi connectivity index (χ2v) is 8.19. The normalized spacial score (nSPS) is 19.7. The molecule has 5 rings (SSSR count). The van der Waals surface area contributed by atoms with Crippen molar-refractivity contribution >= 4 is 0 Å². The highest BCUT2D eigenvalue weighted by molar-refractivity contribution is 5.67. The number of benzene rings is 2. The molecule has 0 bridgehead atoms. The Morgan fingerprint density at radius 3 is 2.60 bits per heavy atom. The average Bonchev–Trinajstić information content (AvgIpc) is 3.15. The van der Waals surface area contributed by atoms with Crippen LogP contribution in [0.15, 0.2) is 54.7 Å². The molecule has 0 amide bonds. The van der Waals surface area contributed by atoms with Crippen molar-refractivity contribution in [3.05, 3.63) is 65.9 Å². The van der Waals surface area contributed by atoms with Gasteiger partial charge in [0.2, 0.25) is 0 Å². The molecule has 1 atom stereocenters. The lowest BCUT2D eigenvalue weighted by Crippen LogP contribution is -2.46. The van der Waals surface area contributed by atoms with E-state index in [9.17, 15) is 0 Å². The molecule has 0 spiro atoms. The van der Waals surface area contributed by atoms with Gasteiger partial charge in [0.15, 0.2) is 11.5 Å². The molecular weight excluding hydrogens is 376 g/mol. The number of aromatic nitrogens is 2. The van der Waals surface area contributed by atoms with E-state index in [1.807, 2.05) is 17.8 Å². The fourth-order valence-electron chi connectivity index (χ4n) is 4.44. The van der Waals surface area contributed by atoms with Crippen LogP contribution in [-0.4, -0.2) is 59.5 Å². The lowest BCUT2D eigenvalue weighted by atomic mass is 10.0. The summed E-state index contributed by atoms with van der Waals surface area (Å²) in [6.07, 6.45) is 2.15. The Kier molecular flexibility index (Phi) is 5.19. The fraction of sp³-hybridized carbons (Fsp3) is 0.375. The number of ether oxygens (including phenoxy) is 2. The maximum absolute atomic E-state index is 5.79. The quantitative estimate of drug-likeness (QED) is 0.667. The molecule has 0 N–H and O–H groups in total. The summed E-state index contributed by atoms with van der Waals surface area (Å²) in [5.41, 5.74) is 4.69. The summed E-state index contributed by atoms with van der Waals surface area (Å²) >= 11 is 0. The third-order valence-corrected chi connectivity index (χ3v) is 5.97. The Hall–Kier alpha value is -2.83. The van der Waals surface area contributed by atoms with Crippen LogP contribution in [0.2, 0.25) is 0 Å². The Bertz CT molecular complexity index is 1020. The molecule has 2 aliphatic heterocycles. The van der Waals surface area contributed by atoms with Crippen LogP contribution in [-0.2, 0) is 13.6 Å². The van der Waals surface area contributed by atoms with E-state index in [1.165, 1.54) is 11.1 Å².